The summed E-state index contributed by atoms with van der Waals surface area (Å²) in [7, 11) is 0.278. The van der Waals surface area contributed by atoms with Crippen molar-refractivity contribution in [2.75, 3.05) is 23.8 Å². The van der Waals surface area contributed by atoms with Gasteiger partial charge in [-0.05, 0) is 98.0 Å². The molecule has 0 saturated carbocycles. The van der Waals surface area contributed by atoms with Crippen LogP contribution in [-0.2, 0) is 17.8 Å². The number of benzene rings is 3. The highest BCUT2D eigenvalue weighted by atomic mass is 31.1. The van der Waals surface area contributed by atoms with Gasteiger partial charge >= 0.3 is 5.97 Å². The van der Waals surface area contributed by atoms with E-state index in [9.17, 15) is 24.2 Å². The number of para-hydroxylation sites is 1. The Balaban J connectivity index is 1.65. The van der Waals surface area contributed by atoms with Crippen molar-refractivity contribution >= 4 is 25.5 Å². The summed E-state index contributed by atoms with van der Waals surface area (Å²) in [6, 6.07) is 24.0. The predicted molar refractivity (Wildman–Crippen MR) is 196 cm³/mol. The van der Waals surface area contributed by atoms with E-state index in [2.05, 4.69) is 9.88 Å². The Bertz CT molecular complexity index is 1700. The lowest BCUT2D eigenvalue weighted by molar-refractivity contribution is -0.139. The minimum Gasteiger partial charge on any atom is -0.481 e. The second kappa shape index (κ2) is 17.2. The first kappa shape index (κ1) is 36.4. The molecule has 0 unspecified atom stereocenters. The third kappa shape index (κ3) is 9.87. The number of aliphatic carboxylic acids is 1. The van der Waals surface area contributed by atoms with Crippen molar-refractivity contribution in [2.45, 2.75) is 83.5 Å². The van der Waals surface area contributed by atoms with Crippen LogP contribution in [-0.4, -0.2) is 62.5 Å². The molecule has 1 amide bonds. The molecule has 2 atom stereocenters. The zero-order valence-electron chi connectivity index (χ0n) is 28.4. The number of unbranched alkanes of at least 4 members (excludes halogenated alkanes) is 2. The van der Waals surface area contributed by atoms with E-state index in [-0.39, 0.29) is 38.4 Å². The molecule has 4 aromatic rings. The predicted octanol–water partition coefficient (Wildman–Crippen LogP) is 8.52. The van der Waals surface area contributed by atoms with Gasteiger partial charge in [0, 0.05) is 29.1 Å². The van der Waals surface area contributed by atoms with Crippen LogP contribution >= 0.6 is 7.92 Å². The number of hydrogen-bond donors (Lipinski definition) is 4. The third-order valence-corrected chi connectivity index (χ3v) is 11.1. The fourth-order valence-electron chi connectivity index (χ4n) is 6.70. The van der Waals surface area contributed by atoms with Crippen LogP contribution in [0.3, 0.4) is 0 Å². The number of anilines is 1. The lowest BCUT2D eigenvalue weighted by Crippen LogP contribution is -2.22. The molecule has 49 heavy (non-hydrogen) atoms. The summed E-state index contributed by atoms with van der Waals surface area (Å²) >= 11 is 0. The van der Waals surface area contributed by atoms with Gasteiger partial charge in [0.15, 0.2) is 0 Å². The summed E-state index contributed by atoms with van der Waals surface area (Å²) in [5.41, 5.74) is 6.03. The fourth-order valence-corrected chi connectivity index (χ4v) is 8.38. The first-order valence-electron chi connectivity index (χ1n) is 17.4. The number of aliphatic hydroxyl groups is 2. The largest absolute Gasteiger partial charge is 0.481 e. The van der Waals surface area contributed by atoms with Gasteiger partial charge in [-0.1, -0.05) is 68.8 Å². The van der Waals surface area contributed by atoms with Crippen molar-refractivity contribution in [3.8, 4) is 22.4 Å². The lowest BCUT2D eigenvalue weighted by Gasteiger charge is -2.21. The zero-order chi connectivity index (χ0) is 34.9. The number of hydrogen-bond acceptors (Lipinski definition) is 4. The third-order valence-electron chi connectivity index (χ3n) is 9.09. The van der Waals surface area contributed by atoms with Crippen molar-refractivity contribution < 1.29 is 29.3 Å². The van der Waals surface area contributed by atoms with Crippen molar-refractivity contribution in [3.63, 3.8) is 0 Å². The maximum Gasteiger partial charge on any atom is 0.305 e. The monoisotopic (exact) mass is 686 g/mol. The number of nitrogens with one attached hydrogen (secondary N) is 1. The zero-order valence-corrected chi connectivity index (χ0v) is 29.3. The molecule has 2 heterocycles. The molecule has 3 aromatic carbocycles. The number of carbonyl (C=O) groups excluding carboxylic acids is 1. The maximum absolute atomic E-state index is 15.0. The molecule has 5 rings (SSSR count). The molecule has 0 aliphatic carbocycles. The molecule has 1 aliphatic heterocycles. The van der Waals surface area contributed by atoms with Crippen molar-refractivity contribution in [1.82, 2.24) is 4.57 Å². The van der Waals surface area contributed by atoms with Crippen LogP contribution in [0.4, 0.5) is 10.1 Å². The van der Waals surface area contributed by atoms with E-state index >= 15 is 0 Å². The Morgan fingerprint density at radius 1 is 0.918 bits per heavy atom. The van der Waals surface area contributed by atoms with Crippen LogP contribution in [0.25, 0.3) is 22.4 Å². The number of carboxylic acids is 1. The standard InChI is InChI=1S/C40H48FN2O5P/c1-27(2)38-37(40(48)42-31-15-9-4-10-16-31)36(28-12-6-3-7-13-28)39(43(38)20-19-32(44)25-33(45)26-35(46)47)34-18-17-30(41)24-29(34)14-8-5-11-21-49-22-23-49/h3-4,6-7,9-10,12-13,15-18,24,27,32-33,44-45H,5,8,11,14,19-23,25-26H2,1-2H3,(H,42,48)(H,46,47)/t32-,33-/m1/s1. The average Bonchev–Trinajstić information content (AvgIpc) is 3.83. The summed E-state index contributed by atoms with van der Waals surface area (Å²) < 4.78 is 17.0. The van der Waals surface area contributed by atoms with Gasteiger partial charge in [-0.3, -0.25) is 9.59 Å². The molecule has 0 bridgehead atoms. The number of amides is 1. The summed E-state index contributed by atoms with van der Waals surface area (Å²) in [4.78, 5) is 25.6. The highest BCUT2D eigenvalue weighted by Gasteiger charge is 2.32. The lowest BCUT2D eigenvalue weighted by atomic mass is 9.91. The van der Waals surface area contributed by atoms with Crippen LogP contribution in [0.2, 0.25) is 0 Å². The normalized spacial score (nSPS) is 14.2. The topological polar surface area (TPSA) is 112 Å². The van der Waals surface area contributed by atoms with Crippen LogP contribution in [0, 0.1) is 5.82 Å². The van der Waals surface area contributed by atoms with Gasteiger partial charge in [0.2, 0.25) is 0 Å². The van der Waals surface area contributed by atoms with Crippen LogP contribution in [0.5, 0.6) is 0 Å². The maximum atomic E-state index is 15.0. The minimum absolute atomic E-state index is 0.0865. The number of halogens is 1. The van der Waals surface area contributed by atoms with E-state index in [1.807, 2.05) is 80.6 Å². The van der Waals surface area contributed by atoms with E-state index in [4.69, 9.17) is 5.11 Å². The first-order chi connectivity index (χ1) is 23.6. The number of aryl methyl sites for hydroxylation is 1. The molecular formula is C40H48FN2O5P. The van der Waals surface area contributed by atoms with Crippen LogP contribution in [0.1, 0.15) is 79.9 Å². The molecule has 4 N–H and O–H groups in total. The van der Waals surface area contributed by atoms with Gasteiger partial charge in [0.1, 0.15) is 5.82 Å². The minimum atomic E-state index is -1.18. The van der Waals surface area contributed by atoms with Gasteiger partial charge in [0.25, 0.3) is 5.91 Å². The van der Waals surface area contributed by atoms with Gasteiger partial charge < -0.3 is 25.2 Å². The van der Waals surface area contributed by atoms with E-state index < -0.39 is 24.6 Å². The molecule has 260 valence electrons. The van der Waals surface area contributed by atoms with E-state index in [1.54, 1.807) is 6.07 Å². The van der Waals surface area contributed by atoms with Crippen molar-refractivity contribution in [1.29, 1.82) is 0 Å². The van der Waals surface area contributed by atoms with Crippen LogP contribution in [0.15, 0.2) is 78.9 Å². The van der Waals surface area contributed by atoms with Gasteiger partial charge in [-0.2, -0.15) is 0 Å². The molecule has 1 aromatic heterocycles. The second-order valence-corrected chi connectivity index (χ2v) is 16.0. The molecule has 1 aliphatic rings. The highest BCUT2D eigenvalue weighted by Crippen LogP contribution is 2.51. The van der Waals surface area contributed by atoms with Crippen molar-refractivity contribution in [2.24, 2.45) is 0 Å². The summed E-state index contributed by atoms with van der Waals surface area (Å²) in [5, 5.41) is 33.5. The van der Waals surface area contributed by atoms with Gasteiger partial charge in [-0.25, -0.2) is 4.39 Å². The van der Waals surface area contributed by atoms with Gasteiger partial charge in [-0.15, -0.1) is 7.92 Å². The van der Waals surface area contributed by atoms with Crippen LogP contribution < -0.4 is 5.32 Å². The van der Waals surface area contributed by atoms with Crippen molar-refractivity contribution in [3.05, 3.63) is 102 Å². The Labute approximate surface area is 290 Å². The molecule has 9 heteroatoms. The highest BCUT2D eigenvalue weighted by molar-refractivity contribution is 7.65. The molecule has 7 nitrogen and oxygen atoms in total. The summed E-state index contributed by atoms with van der Waals surface area (Å²) in [6.07, 6.45) is 5.51. The van der Waals surface area contributed by atoms with Gasteiger partial charge in [0.05, 0.1) is 29.9 Å². The van der Waals surface area contributed by atoms with E-state index in [1.165, 1.54) is 31.0 Å². The molecular weight excluding hydrogens is 638 g/mol. The molecule has 0 radical (unpaired) electrons. The number of aliphatic hydroxyl groups excluding tert-OH is 2. The number of nitrogens with zero attached hydrogens (tertiary/aromatic N) is 1. The Kier molecular flexibility index (Phi) is 12.8. The average molecular weight is 687 g/mol. The number of carbonyl (C=O) groups is 2. The first-order valence-corrected chi connectivity index (χ1v) is 19.3. The second-order valence-electron chi connectivity index (χ2n) is 13.4. The summed E-state index contributed by atoms with van der Waals surface area (Å²) in [6.45, 7) is 4.36. The molecule has 1 fully saturated rings. The smallest absolute Gasteiger partial charge is 0.305 e. The quantitative estimate of drug-likeness (QED) is 0.0620. The SMILES string of the molecule is CC(C)c1c(C(=O)Nc2ccccc2)c(-c2ccccc2)c(-c2ccc(F)cc2CCCCCP2CC2)n1CC[C@@H](O)C[C@@H](O)CC(=O)O. The Morgan fingerprint density at radius 2 is 1.61 bits per heavy atom. The van der Waals surface area contributed by atoms with E-state index in [0.717, 1.165) is 46.5 Å². The Hall–Kier alpha value is -3.84. The number of aromatic nitrogens is 1. The number of carboxylic acid groups (broad SMARTS) is 1. The fraction of sp³-hybridized carbons (Fsp3) is 0.400. The molecule has 1 saturated heterocycles. The molecule has 0 spiro atoms. The van der Waals surface area contributed by atoms with E-state index in [0.29, 0.717) is 24.2 Å². The number of rotatable bonds is 18. The summed E-state index contributed by atoms with van der Waals surface area (Å²) in [5.74, 6) is -1.82. The Morgan fingerprint density at radius 3 is 2.27 bits per heavy atom.